The summed E-state index contributed by atoms with van der Waals surface area (Å²) in [7, 11) is 1.53. The maximum Gasteiger partial charge on any atom is 0.272 e. The molecule has 0 radical (unpaired) electrons. The smallest absolute Gasteiger partial charge is 0.272 e. The molecule has 0 aromatic heterocycles. The van der Waals surface area contributed by atoms with E-state index in [0.29, 0.717) is 16.8 Å². The molecule has 2 nitrogen and oxygen atoms in total. The van der Waals surface area contributed by atoms with Crippen molar-refractivity contribution in [2.45, 2.75) is 11.8 Å². The molecule has 0 fully saturated rings. The van der Waals surface area contributed by atoms with Crippen LogP contribution in [0.5, 0.6) is 11.5 Å². The Bertz CT molecular complexity index is 318. The molecule has 0 atom stereocenters. The molecule has 1 aromatic carbocycles. The van der Waals surface area contributed by atoms with E-state index < -0.39 is 13.0 Å². The monoisotopic (exact) mass is 280 g/mol. The van der Waals surface area contributed by atoms with Gasteiger partial charge in [0.15, 0.2) is 0 Å². The van der Waals surface area contributed by atoms with Crippen molar-refractivity contribution in [1.29, 1.82) is 0 Å². The van der Waals surface area contributed by atoms with Crippen LogP contribution in [0.2, 0.25) is 0 Å². The van der Waals surface area contributed by atoms with E-state index in [4.69, 9.17) is 9.47 Å². The van der Waals surface area contributed by atoms with E-state index in [9.17, 15) is 8.78 Å². The average Bonchev–Trinajstić information content (AvgIpc) is 2.25. The molecule has 15 heavy (non-hydrogen) atoms. The minimum Gasteiger partial charge on any atom is -0.496 e. The summed E-state index contributed by atoms with van der Waals surface area (Å²) in [6.45, 7) is -0.600. The van der Waals surface area contributed by atoms with Gasteiger partial charge in [-0.2, -0.15) is 0 Å². The minimum absolute atomic E-state index is 0.386. The quantitative estimate of drug-likeness (QED) is 0.771. The van der Waals surface area contributed by atoms with Crippen molar-refractivity contribution in [2.24, 2.45) is 0 Å². The molecule has 84 valence electrons. The van der Waals surface area contributed by atoms with Crippen LogP contribution in [0.15, 0.2) is 18.2 Å². The van der Waals surface area contributed by atoms with Crippen LogP contribution in [0.25, 0.3) is 0 Å². The molecule has 0 bridgehead atoms. The molecule has 0 spiro atoms. The molecule has 0 amide bonds. The lowest BCUT2D eigenvalue weighted by atomic mass is 10.2. The zero-order valence-corrected chi connectivity index (χ0v) is 9.76. The van der Waals surface area contributed by atoms with Crippen molar-refractivity contribution in [3.05, 3.63) is 23.8 Å². The summed E-state index contributed by atoms with van der Waals surface area (Å²) in [5.41, 5.74) is 0.946. The SMILES string of the molecule is COc1cc(OCC(F)F)ccc1CBr. The van der Waals surface area contributed by atoms with Gasteiger partial charge < -0.3 is 9.47 Å². The molecule has 0 aliphatic rings. The first-order chi connectivity index (χ1) is 7.17. The van der Waals surface area contributed by atoms with Crippen LogP contribution in [0.3, 0.4) is 0 Å². The fraction of sp³-hybridized carbons (Fsp3) is 0.400. The Morgan fingerprint density at radius 1 is 1.40 bits per heavy atom. The minimum atomic E-state index is -2.47. The number of rotatable bonds is 5. The van der Waals surface area contributed by atoms with Crippen molar-refractivity contribution in [2.75, 3.05) is 13.7 Å². The van der Waals surface area contributed by atoms with Gasteiger partial charge in [0.2, 0.25) is 0 Å². The molecular formula is C10H11BrF2O2. The third kappa shape index (κ3) is 3.66. The molecule has 0 N–H and O–H groups in total. The molecule has 0 aliphatic heterocycles. The maximum absolute atomic E-state index is 11.9. The Morgan fingerprint density at radius 2 is 2.13 bits per heavy atom. The van der Waals surface area contributed by atoms with Gasteiger partial charge in [-0.25, -0.2) is 8.78 Å². The molecule has 0 heterocycles. The van der Waals surface area contributed by atoms with E-state index >= 15 is 0 Å². The zero-order chi connectivity index (χ0) is 11.3. The summed E-state index contributed by atoms with van der Waals surface area (Å²) in [6, 6.07) is 5.01. The summed E-state index contributed by atoms with van der Waals surface area (Å²) in [6.07, 6.45) is -2.47. The van der Waals surface area contributed by atoms with Crippen LogP contribution in [-0.2, 0) is 5.33 Å². The fourth-order valence-corrected chi connectivity index (χ4v) is 1.55. The lowest BCUT2D eigenvalue weighted by molar-refractivity contribution is 0.0817. The second-order valence-corrected chi connectivity index (χ2v) is 3.37. The van der Waals surface area contributed by atoms with Gasteiger partial charge in [0.25, 0.3) is 6.43 Å². The van der Waals surface area contributed by atoms with Crippen molar-refractivity contribution in [3.8, 4) is 11.5 Å². The summed E-state index contributed by atoms with van der Waals surface area (Å²) < 4.78 is 33.7. The highest BCUT2D eigenvalue weighted by Gasteiger charge is 2.06. The summed E-state index contributed by atoms with van der Waals surface area (Å²) in [5, 5.41) is 0.644. The summed E-state index contributed by atoms with van der Waals surface area (Å²) >= 11 is 3.30. The number of ether oxygens (including phenoxy) is 2. The molecule has 0 unspecified atom stereocenters. The van der Waals surface area contributed by atoms with Crippen molar-refractivity contribution >= 4 is 15.9 Å². The highest BCUT2D eigenvalue weighted by Crippen LogP contribution is 2.26. The molecular weight excluding hydrogens is 270 g/mol. The highest BCUT2D eigenvalue weighted by atomic mass is 79.9. The highest BCUT2D eigenvalue weighted by molar-refractivity contribution is 9.08. The lowest BCUT2D eigenvalue weighted by Crippen LogP contribution is -2.07. The Morgan fingerprint density at radius 3 is 2.67 bits per heavy atom. The van der Waals surface area contributed by atoms with E-state index in [1.807, 2.05) is 0 Å². The molecule has 5 heteroatoms. The molecule has 0 aliphatic carbocycles. The third-order valence-corrected chi connectivity index (χ3v) is 2.38. The predicted octanol–water partition coefficient (Wildman–Crippen LogP) is 3.23. The third-order valence-electron chi connectivity index (χ3n) is 1.78. The first-order valence-electron chi connectivity index (χ1n) is 4.31. The number of methoxy groups -OCH3 is 1. The van der Waals surface area contributed by atoms with Crippen LogP contribution in [0, 0.1) is 0 Å². The normalized spacial score (nSPS) is 10.5. The fourth-order valence-electron chi connectivity index (χ4n) is 1.08. The Labute approximate surface area is 95.3 Å². The standard InChI is InChI=1S/C10H11BrF2O2/c1-14-9-4-8(15-6-10(12)13)3-2-7(9)5-11/h2-4,10H,5-6H2,1H3. The van der Waals surface area contributed by atoms with Gasteiger partial charge in [-0.15, -0.1) is 0 Å². The van der Waals surface area contributed by atoms with E-state index in [-0.39, 0.29) is 0 Å². The Kier molecular flexibility index (Phi) is 4.81. The number of alkyl halides is 3. The molecule has 0 saturated carbocycles. The number of halogens is 3. The molecule has 1 rings (SSSR count). The van der Waals surface area contributed by atoms with Gasteiger partial charge in [-0.1, -0.05) is 22.0 Å². The van der Waals surface area contributed by atoms with Crippen LogP contribution in [0.1, 0.15) is 5.56 Å². The lowest BCUT2D eigenvalue weighted by Gasteiger charge is -2.09. The predicted molar refractivity (Wildman–Crippen MR) is 57.1 cm³/mol. The Balaban J connectivity index is 2.74. The summed E-state index contributed by atoms with van der Waals surface area (Å²) in [4.78, 5) is 0. The van der Waals surface area contributed by atoms with Gasteiger partial charge in [0, 0.05) is 17.0 Å². The number of hydrogen-bond donors (Lipinski definition) is 0. The van der Waals surface area contributed by atoms with Crippen molar-refractivity contribution in [1.82, 2.24) is 0 Å². The van der Waals surface area contributed by atoms with Gasteiger partial charge >= 0.3 is 0 Å². The van der Waals surface area contributed by atoms with Crippen molar-refractivity contribution in [3.63, 3.8) is 0 Å². The second-order valence-electron chi connectivity index (χ2n) is 2.81. The number of benzene rings is 1. The first kappa shape index (κ1) is 12.2. The number of hydrogen-bond acceptors (Lipinski definition) is 2. The second kappa shape index (κ2) is 5.90. The topological polar surface area (TPSA) is 18.5 Å². The molecule has 0 saturated heterocycles. The van der Waals surface area contributed by atoms with Crippen LogP contribution < -0.4 is 9.47 Å². The van der Waals surface area contributed by atoms with E-state index in [2.05, 4.69) is 15.9 Å². The van der Waals surface area contributed by atoms with Gasteiger partial charge in [0.1, 0.15) is 18.1 Å². The van der Waals surface area contributed by atoms with Crippen LogP contribution in [-0.4, -0.2) is 20.1 Å². The average molecular weight is 281 g/mol. The van der Waals surface area contributed by atoms with Gasteiger partial charge in [-0.05, 0) is 6.07 Å². The van der Waals surface area contributed by atoms with Crippen LogP contribution >= 0.6 is 15.9 Å². The first-order valence-corrected chi connectivity index (χ1v) is 5.43. The van der Waals surface area contributed by atoms with Crippen molar-refractivity contribution < 1.29 is 18.3 Å². The summed E-state index contributed by atoms with van der Waals surface area (Å²) in [5.74, 6) is 1.01. The largest absolute Gasteiger partial charge is 0.496 e. The van der Waals surface area contributed by atoms with E-state index in [1.54, 1.807) is 18.2 Å². The molecule has 1 aromatic rings. The van der Waals surface area contributed by atoms with Gasteiger partial charge in [0.05, 0.1) is 7.11 Å². The van der Waals surface area contributed by atoms with E-state index in [0.717, 1.165) is 5.56 Å². The van der Waals surface area contributed by atoms with E-state index in [1.165, 1.54) is 7.11 Å². The maximum atomic E-state index is 11.9. The van der Waals surface area contributed by atoms with Crippen LogP contribution in [0.4, 0.5) is 8.78 Å². The Hall–Kier alpha value is -0.840. The zero-order valence-electron chi connectivity index (χ0n) is 8.17. The van der Waals surface area contributed by atoms with Gasteiger partial charge in [-0.3, -0.25) is 0 Å².